The van der Waals surface area contributed by atoms with Gasteiger partial charge in [-0.1, -0.05) is 83.7 Å². The molecule has 0 aromatic rings. The second-order valence-electron chi connectivity index (χ2n) is 11.7. The molecule has 0 amide bonds. The molecule has 0 aromatic carbocycles. The van der Waals surface area contributed by atoms with Crippen LogP contribution in [-0.4, -0.2) is 41.0 Å². The number of allylic oxidation sites excluding steroid dienone is 2. The maximum atomic E-state index is 5.44. The molecule has 0 N–H and O–H groups in total. The summed E-state index contributed by atoms with van der Waals surface area (Å²) in [6, 6.07) is 0. The lowest BCUT2D eigenvalue weighted by Crippen LogP contribution is -2.14. The molecule has 0 spiro atoms. The molecular weight excluding hydrogens is 544 g/mol. The van der Waals surface area contributed by atoms with Gasteiger partial charge in [-0.2, -0.15) is 0 Å². The van der Waals surface area contributed by atoms with Crippen LogP contribution in [0.4, 0.5) is 0 Å². The Labute approximate surface area is 275 Å². The summed E-state index contributed by atoms with van der Waals surface area (Å²) in [5.41, 5.74) is 22.0. The summed E-state index contributed by atoms with van der Waals surface area (Å²) in [4.78, 5) is 0. The van der Waals surface area contributed by atoms with E-state index >= 15 is 0 Å². The van der Waals surface area contributed by atoms with E-state index < -0.39 is 0 Å². The first kappa shape index (κ1) is 43.7. The van der Waals surface area contributed by atoms with Crippen LogP contribution in [0.2, 0.25) is 0 Å². The summed E-state index contributed by atoms with van der Waals surface area (Å²) < 4.78 is 20.7. The van der Waals surface area contributed by atoms with Crippen LogP contribution in [0.5, 0.6) is 0 Å². The van der Waals surface area contributed by atoms with Gasteiger partial charge in [0.15, 0.2) is 0 Å². The minimum atomic E-state index is 0. The molecule has 0 saturated heterocycles. The second kappa shape index (κ2) is 33.5. The summed E-state index contributed by atoms with van der Waals surface area (Å²) in [5.74, 6) is 3.98. The fourth-order valence-corrected chi connectivity index (χ4v) is 5.20. The van der Waals surface area contributed by atoms with Crippen molar-refractivity contribution in [1.29, 1.82) is 0 Å². The van der Waals surface area contributed by atoms with Gasteiger partial charge >= 0.3 is 0 Å². The van der Waals surface area contributed by atoms with Crippen LogP contribution in [0.1, 0.15) is 109 Å². The van der Waals surface area contributed by atoms with E-state index in [4.69, 9.17) is 18.9 Å². The molecule has 4 nitrogen and oxygen atoms in total. The van der Waals surface area contributed by atoms with Crippen molar-refractivity contribution in [3.05, 3.63) is 71.2 Å². The monoisotopic (exact) mass is 613 g/mol. The highest BCUT2D eigenvalue weighted by Crippen LogP contribution is 2.28. The van der Waals surface area contributed by atoms with Crippen LogP contribution in [0, 0.1) is 35.5 Å². The molecule has 0 fully saturated rings. The summed E-state index contributed by atoms with van der Waals surface area (Å²) in [6.45, 7) is 22.9. The van der Waals surface area contributed by atoms with E-state index in [1.807, 2.05) is 6.08 Å². The van der Waals surface area contributed by atoms with E-state index in [0.29, 0.717) is 37.3 Å². The molecule has 0 aliphatic carbocycles. The van der Waals surface area contributed by atoms with Crippen LogP contribution in [-0.2, 0) is 18.9 Å². The van der Waals surface area contributed by atoms with Crippen molar-refractivity contribution in [2.24, 2.45) is 35.5 Å². The van der Waals surface area contributed by atoms with E-state index in [2.05, 4.69) is 107 Å². The summed E-state index contributed by atoms with van der Waals surface area (Å²) in [5, 5.41) is 0. The van der Waals surface area contributed by atoms with Crippen molar-refractivity contribution in [3.8, 4) is 0 Å². The van der Waals surface area contributed by atoms with Gasteiger partial charge < -0.3 is 18.9 Å². The van der Waals surface area contributed by atoms with E-state index in [0.717, 1.165) is 50.7 Å². The molecule has 0 aliphatic rings. The zero-order valence-corrected chi connectivity index (χ0v) is 29.6. The van der Waals surface area contributed by atoms with Gasteiger partial charge in [-0.25, -0.2) is 0 Å². The van der Waals surface area contributed by atoms with Gasteiger partial charge in [-0.3, -0.25) is 0 Å². The molecule has 4 heteroatoms. The molecular formula is C40H68O4. The van der Waals surface area contributed by atoms with Crippen molar-refractivity contribution >= 4 is 0 Å². The first-order valence-electron chi connectivity index (χ1n) is 16.7. The van der Waals surface area contributed by atoms with Gasteiger partial charge in [0.05, 0.1) is 0 Å². The Hall–Kier alpha value is -2.44. The summed E-state index contributed by atoms with van der Waals surface area (Å²) in [7, 11) is 3.33. The average molecular weight is 613 g/mol. The standard InChI is InChI=1S/C22H26.C18H38O4.2H2/c1-6-10-12-14-16-20(5)18-22(9-4)19-21(8-3)17-15-13-11-7-2;1-6-17(9-11-22-15-20-5)13-18(7-2)12-16(3)8-10-21-14-19-4;;/h16-17,20-22H,1-2,8-9,18-19H2,3-5H3;16-18H,6-15H2,1-5H3;2*1H. The third-order valence-corrected chi connectivity index (χ3v) is 7.96. The van der Waals surface area contributed by atoms with Crippen LogP contribution < -0.4 is 0 Å². The fourth-order valence-electron chi connectivity index (χ4n) is 5.20. The third-order valence-electron chi connectivity index (χ3n) is 7.96. The van der Waals surface area contributed by atoms with Gasteiger partial charge in [0, 0.05) is 30.3 Å². The molecule has 0 aromatic heterocycles. The molecule has 0 radical (unpaired) electrons. The van der Waals surface area contributed by atoms with Gasteiger partial charge in [-0.05, 0) is 129 Å². The maximum absolute atomic E-state index is 5.44. The molecule has 0 heterocycles. The Balaban J connectivity index is -0.000000367. The Morgan fingerprint density at radius 1 is 0.614 bits per heavy atom. The molecule has 252 valence electrons. The first-order valence-corrected chi connectivity index (χ1v) is 16.7. The normalized spacial score (nSPS) is 14.0. The Bertz CT molecular complexity index is 1010. The molecule has 44 heavy (non-hydrogen) atoms. The predicted molar refractivity (Wildman–Crippen MR) is 190 cm³/mol. The third kappa shape index (κ3) is 28.3. The lowest BCUT2D eigenvalue weighted by atomic mass is 9.83. The zero-order chi connectivity index (χ0) is 33.3. The van der Waals surface area contributed by atoms with E-state index in [1.165, 1.54) is 38.5 Å². The Morgan fingerprint density at radius 3 is 1.64 bits per heavy atom. The van der Waals surface area contributed by atoms with Crippen LogP contribution >= 0.6 is 0 Å². The molecule has 6 atom stereocenters. The number of hydrogen-bond donors (Lipinski definition) is 0. The quantitative estimate of drug-likeness (QED) is 0.0617. The number of ether oxygens (including phenoxy) is 4. The highest BCUT2D eigenvalue weighted by Gasteiger charge is 2.17. The van der Waals surface area contributed by atoms with Crippen LogP contribution in [0.3, 0.4) is 0 Å². The average Bonchev–Trinajstić information content (AvgIpc) is 3.03. The largest absolute Gasteiger partial charge is 0.359 e. The van der Waals surface area contributed by atoms with Gasteiger partial charge in [0.25, 0.3) is 0 Å². The van der Waals surface area contributed by atoms with Crippen molar-refractivity contribution in [1.82, 2.24) is 0 Å². The minimum Gasteiger partial charge on any atom is -0.359 e. The van der Waals surface area contributed by atoms with Crippen LogP contribution in [0.15, 0.2) is 71.2 Å². The lowest BCUT2D eigenvalue weighted by molar-refractivity contribution is -0.0360. The Kier molecular flexibility index (Phi) is 33.2. The number of rotatable bonds is 24. The van der Waals surface area contributed by atoms with E-state index in [-0.39, 0.29) is 2.85 Å². The molecule has 0 rings (SSSR count). The topological polar surface area (TPSA) is 36.9 Å². The molecule has 0 saturated carbocycles. The van der Waals surface area contributed by atoms with Gasteiger partial charge in [-0.15, -0.1) is 0 Å². The van der Waals surface area contributed by atoms with E-state index in [9.17, 15) is 0 Å². The summed E-state index contributed by atoms with van der Waals surface area (Å²) in [6.07, 6.45) is 16.1. The van der Waals surface area contributed by atoms with Crippen LogP contribution in [0.25, 0.3) is 0 Å². The van der Waals surface area contributed by atoms with Crippen molar-refractivity contribution in [2.45, 2.75) is 106 Å². The predicted octanol–water partition coefficient (Wildman–Crippen LogP) is 11.0. The zero-order valence-electron chi connectivity index (χ0n) is 29.6. The maximum Gasteiger partial charge on any atom is 0.146 e. The molecule has 0 bridgehead atoms. The first-order chi connectivity index (χ1) is 21.3. The number of hydrogen-bond acceptors (Lipinski definition) is 4. The highest BCUT2D eigenvalue weighted by atomic mass is 16.7. The molecule has 0 aliphatic heterocycles. The lowest BCUT2D eigenvalue weighted by Gasteiger charge is -2.24. The Morgan fingerprint density at radius 2 is 1.14 bits per heavy atom. The van der Waals surface area contributed by atoms with Crippen molar-refractivity contribution < 1.29 is 21.8 Å². The second-order valence-corrected chi connectivity index (χ2v) is 11.7. The van der Waals surface area contributed by atoms with E-state index in [1.54, 1.807) is 14.2 Å². The fraction of sp³-hybridized carbons (Fsp3) is 0.700. The molecule has 6 unspecified atom stereocenters. The van der Waals surface area contributed by atoms with Crippen molar-refractivity contribution in [3.63, 3.8) is 0 Å². The minimum absolute atomic E-state index is 0. The smallest absolute Gasteiger partial charge is 0.146 e. The highest BCUT2D eigenvalue weighted by molar-refractivity contribution is 4.92. The van der Waals surface area contributed by atoms with Crippen molar-refractivity contribution in [2.75, 3.05) is 41.0 Å². The van der Waals surface area contributed by atoms with Gasteiger partial charge in [0.1, 0.15) is 13.6 Å². The summed E-state index contributed by atoms with van der Waals surface area (Å²) >= 11 is 0. The number of methoxy groups -OCH3 is 2. The SMILES string of the molecule is C=C=C=C=C=CC(C)CC(CC)CC(C=C=C=C=C=C)CC.CCC(CCOCOC)CC(CC)CC(C)CCOCOC.[HH].[HH]. The van der Waals surface area contributed by atoms with Gasteiger partial charge in [0.2, 0.25) is 0 Å².